The van der Waals surface area contributed by atoms with Crippen molar-refractivity contribution in [2.24, 2.45) is 0 Å². The summed E-state index contributed by atoms with van der Waals surface area (Å²) in [5.74, 6) is 1.54. The number of hydrogen-bond acceptors (Lipinski definition) is 4. The van der Waals surface area contributed by atoms with Gasteiger partial charge in [-0.25, -0.2) is 0 Å². The Hall–Kier alpha value is -2.43. The van der Waals surface area contributed by atoms with Gasteiger partial charge < -0.3 is 18.8 Å². The first kappa shape index (κ1) is 14.0. The Morgan fingerprint density at radius 3 is 2.65 bits per heavy atom. The van der Waals surface area contributed by atoms with E-state index in [2.05, 4.69) is 0 Å². The number of hydrogen-bond donors (Lipinski definition) is 0. The van der Waals surface area contributed by atoms with Crippen LogP contribution in [0.3, 0.4) is 0 Å². The molecule has 2 rings (SSSR count). The van der Waals surface area contributed by atoms with Gasteiger partial charge in [-0.1, -0.05) is 0 Å². The number of rotatable bonds is 5. The Labute approximate surface area is 117 Å². The molecule has 0 bridgehead atoms. The molecule has 0 radical (unpaired) electrons. The fraction of sp³-hybridized carbons (Fsp3) is 0.267. The van der Waals surface area contributed by atoms with Crippen LogP contribution in [0.4, 0.5) is 0 Å². The Morgan fingerprint density at radius 2 is 2.05 bits per heavy atom. The van der Waals surface area contributed by atoms with Crippen LogP contribution in [0, 0.1) is 0 Å². The summed E-state index contributed by atoms with van der Waals surface area (Å²) < 4.78 is 15.6. The molecule has 1 aromatic carbocycles. The summed E-state index contributed by atoms with van der Waals surface area (Å²) in [5.41, 5.74) is 0.899. The molecule has 20 heavy (non-hydrogen) atoms. The van der Waals surface area contributed by atoms with E-state index in [1.54, 1.807) is 44.4 Å². The van der Waals surface area contributed by atoms with Crippen molar-refractivity contribution >= 4 is 5.91 Å². The first-order valence-corrected chi connectivity index (χ1v) is 6.15. The molecule has 0 aliphatic heterocycles. The summed E-state index contributed by atoms with van der Waals surface area (Å²) >= 11 is 0. The van der Waals surface area contributed by atoms with Crippen molar-refractivity contribution < 1.29 is 18.7 Å². The topological polar surface area (TPSA) is 51.9 Å². The lowest BCUT2D eigenvalue weighted by Crippen LogP contribution is -2.26. The molecule has 0 saturated carbocycles. The Bertz CT molecular complexity index is 578. The largest absolute Gasteiger partial charge is 0.497 e. The lowest BCUT2D eigenvalue weighted by atomic mass is 10.1. The summed E-state index contributed by atoms with van der Waals surface area (Å²) in [6, 6.07) is 8.84. The molecule has 0 fully saturated rings. The molecule has 2 aromatic rings. The number of benzene rings is 1. The Morgan fingerprint density at radius 1 is 1.25 bits per heavy atom. The van der Waals surface area contributed by atoms with Crippen LogP contribution in [0.1, 0.15) is 16.1 Å². The summed E-state index contributed by atoms with van der Waals surface area (Å²) in [6.45, 7) is 0.423. The molecule has 106 valence electrons. The van der Waals surface area contributed by atoms with Crippen molar-refractivity contribution in [3.63, 3.8) is 0 Å². The molecule has 5 heteroatoms. The Balaban J connectivity index is 2.15. The fourth-order valence-electron chi connectivity index (χ4n) is 1.90. The third-order valence-corrected chi connectivity index (χ3v) is 2.98. The van der Waals surface area contributed by atoms with Gasteiger partial charge in [0, 0.05) is 25.2 Å². The number of carbonyl (C=O) groups excluding carboxylic acids is 1. The van der Waals surface area contributed by atoms with E-state index in [0.717, 1.165) is 5.56 Å². The maximum absolute atomic E-state index is 12.1. The molecule has 0 N–H and O–H groups in total. The van der Waals surface area contributed by atoms with Crippen LogP contribution in [0.25, 0.3) is 0 Å². The highest BCUT2D eigenvalue weighted by atomic mass is 16.5. The molecule has 5 nitrogen and oxygen atoms in total. The van der Waals surface area contributed by atoms with Crippen molar-refractivity contribution in [3.8, 4) is 11.5 Å². The number of ether oxygens (including phenoxy) is 2. The monoisotopic (exact) mass is 275 g/mol. The highest BCUT2D eigenvalue weighted by Crippen LogP contribution is 2.25. The first-order chi connectivity index (χ1) is 9.65. The van der Waals surface area contributed by atoms with Crippen LogP contribution in [-0.2, 0) is 6.54 Å². The van der Waals surface area contributed by atoms with Gasteiger partial charge in [-0.05, 0) is 24.3 Å². The highest BCUT2D eigenvalue weighted by Gasteiger charge is 2.16. The van der Waals surface area contributed by atoms with Crippen LogP contribution in [0.2, 0.25) is 0 Å². The predicted molar refractivity (Wildman–Crippen MR) is 74.1 cm³/mol. The standard InChI is InChI=1S/C15H17NO4/c1-16(15(17)13-5-4-8-20-13)10-11-6-7-12(18-2)9-14(11)19-3/h4-9H,10H2,1-3H3. The van der Waals surface area contributed by atoms with Crippen molar-refractivity contribution in [3.05, 3.63) is 47.9 Å². The molecule has 0 unspecified atom stereocenters. The second-order valence-corrected chi connectivity index (χ2v) is 4.32. The third-order valence-electron chi connectivity index (χ3n) is 2.98. The van der Waals surface area contributed by atoms with Crippen molar-refractivity contribution in [2.45, 2.75) is 6.54 Å². The maximum Gasteiger partial charge on any atom is 0.289 e. The van der Waals surface area contributed by atoms with E-state index in [1.165, 1.54) is 6.26 Å². The van der Waals surface area contributed by atoms with Crippen LogP contribution in [-0.4, -0.2) is 32.1 Å². The lowest BCUT2D eigenvalue weighted by molar-refractivity contribution is 0.0752. The minimum Gasteiger partial charge on any atom is -0.497 e. The normalized spacial score (nSPS) is 10.2. The molecule has 1 amide bonds. The van der Waals surface area contributed by atoms with Gasteiger partial charge in [0.15, 0.2) is 5.76 Å². The van der Waals surface area contributed by atoms with E-state index in [1.807, 2.05) is 12.1 Å². The Kier molecular flexibility index (Phi) is 4.30. The smallest absolute Gasteiger partial charge is 0.289 e. The molecule has 1 heterocycles. The van der Waals surface area contributed by atoms with Gasteiger partial charge in [0.25, 0.3) is 5.91 Å². The van der Waals surface area contributed by atoms with Gasteiger partial charge in [-0.15, -0.1) is 0 Å². The number of methoxy groups -OCH3 is 2. The third kappa shape index (κ3) is 2.93. The van der Waals surface area contributed by atoms with Crippen LogP contribution >= 0.6 is 0 Å². The number of furan rings is 1. The molecule has 0 spiro atoms. The van der Waals surface area contributed by atoms with Gasteiger partial charge in [0.2, 0.25) is 0 Å². The number of carbonyl (C=O) groups is 1. The minimum absolute atomic E-state index is 0.173. The van der Waals surface area contributed by atoms with Crippen LogP contribution in [0.5, 0.6) is 11.5 Å². The van der Waals surface area contributed by atoms with E-state index >= 15 is 0 Å². The molecular formula is C15H17NO4. The van der Waals surface area contributed by atoms with Crippen LogP contribution < -0.4 is 9.47 Å². The lowest BCUT2D eigenvalue weighted by Gasteiger charge is -2.18. The minimum atomic E-state index is -0.173. The zero-order valence-electron chi connectivity index (χ0n) is 11.8. The number of nitrogens with zero attached hydrogens (tertiary/aromatic N) is 1. The molecular weight excluding hydrogens is 258 g/mol. The number of amides is 1. The fourth-order valence-corrected chi connectivity index (χ4v) is 1.90. The van der Waals surface area contributed by atoms with Gasteiger partial charge >= 0.3 is 0 Å². The highest BCUT2D eigenvalue weighted by molar-refractivity contribution is 5.91. The van der Waals surface area contributed by atoms with Crippen molar-refractivity contribution in [1.82, 2.24) is 4.90 Å². The first-order valence-electron chi connectivity index (χ1n) is 6.15. The molecule has 0 saturated heterocycles. The van der Waals surface area contributed by atoms with Crippen LogP contribution in [0.15, 0.2) is 41.0 Å². The second kappa shape index (κ2) is 6.14. The quantitative estimate of drug-likeness (QED) is 0.841. The molecule has 0 aliphatic carbocycles. The molecule has 0 atom stereocenters. The van der Waals surface area contributed by atoms with E-state index in [4.69, 9.17) is 13.9 Å². The summed E-state index contributed by atoms with van der Waals surface area (Å²) in [5, 5.41) is 0. The van der Waals surface area contributed by atoms with Crippen molar-refractivity contribution in [2.75, 3.05) is 21.3 Å². The second-order valence-electron chi connectivity index (χ2n) is 4.32. The SMILES string of the molecule is COc1ccc(CN(C)C(=O)c2ccco2)c(OC)c1. The zero-order valence-corrected chi connectivity index (χ0v) is 11.8. The van der Waals surface area contributed by atoms with E-state index in [-0.39, 0.29) is 5.91 Å². The summed E-state index contributed by atoms with van der Waals surface area (Å²) in [6.07, 6.45) is 1.48. The van der Waals surface area contributed by atoms with Gasteiger partial charge in [0.05, 0.1) is 20.5 Å². The average Bonchev–Trinajstić information content (AvgIpc) is 3.00. The van der Waals surface area contributed by atoms with E-state index in [9.17, 15) is 4.79 Å². The zero-order chi connectivity index (χ0) is 14.5. The average molecular weight is 275 g/mol. The van der Waals surface area contributed by atoms with E-state index < -0.39 is 0 Å². The molecule has 1 aromatic heterocycles. The summed E-state index contributed by atoms with van der Waals surface area (Å²) in [7, 11) is 4.90. The van der Waals surface area contributed by atoms with E-state index in [0.29, 0.717) is 23.8 Å². The van der Waals surface area contributed by atoms with Gasteiger partial charge in [-0.3, -0.25) is 4.79 Å². The summed E-state index contributed by atoms with van der Waals surface area (Å²) in [4.78, 5) is 13.7. The van der Waals surface area contributed by atoms with Gasteiger partial charge in [0.1, 0.15) is 11.5 Å². The maximum atomic E-state index is 12.1. The predicted octanol–water partition coefficient (Wildman–Crippen LogP) is 2.57. The van der Waals surface area contributed by atoms with Crippen molar-refractivity contribution in [1.29, 1.82) is 0 Å². The van der Waals surface area contributed by atoms with Gasteiger partial charge in [-0.2, -0.15) is 0 Å². The molecule has 0 aliphatic rings.